The van der Waals surface area contributed by atoms with E-state index in [1.54, 1.807) is 13.0 Å². The van der Waals surface area contributed by atoms with Gasteiger partial charge in [-0.3, -0.25) is 4.68 Å². The van der Waals surface area contributed by atoms with E-state index < -0.39 is 18.6 Å². The van der Waals surface area contributed by atoms with Gasteiger partial charge in [-0.2, -0.15) is 0 Å². The van der Waals surface area contributed by atoms with E-state index in [0.29, 0.717) is 16.1 Å². The molecule has 0 spiro atoms. The summed E-state index contributed by atoms with van der Waals surface area (Å²) in [5, 5.41) is 4.48. The summed E-state index contributed by atoms with van der Waals surface area (Å²) in [5.41, 5.74) is 0.512. The van der Waals surface area contributed by atoms with Crippen LogP contribution in [0, 0.1) is 6.92 Å². The van der Waals surface area contributed by atoms with Crippen LogP contribution in [0.4, 0.5) is 8.78 Å². The van der Waals surface area contributed by atoms with Crippen molar-refractivity contribution in [3.63, 3.8) is 0 Å². The smallest absolute Gasteiger partial charge is 0.347 e. The molecule has 3 aromatic rings. The Kier molecular flexibility index (Phi) is 4.23. The molecule has 6 nitrogen and oxygen atoms in total. The van der Waals surface area contributed by atoms with Gasteiger partial charge >= 0.3 is 5.63 Å². The molecule has 3 rings (SSSR count). The second-order valence-electron chi connectivity index (χ2n) is 5.07. The molecule has 9 heteroatoms. The predicted molar refractivity (Wildman–Crippen MR) is 83.8 cm³/mol. The number of nitrogens with zero attached hydrogens (tertiary/aromatic N) is 3. The first-order valence-corrected chi connectivity index (χ1v) is 7.28. The van der Waals surface area contributed by atoms with E-state index in [9.17, 15) is 13.6 Å². The Morgan fingerprint density at radius 3 is 2.79 bits per heavy atom. The van der Waals surface area contributed by atoms with Gasteiger partial charge < -0.3 is 9.15 Å². The van der Waals surface area contributed by atoms with Gasteiger partial charge in [0, 0.05) is 11.1 Å². The molecule has 0 aliphatic carbocycles. The maximum absolute atomic E-state index is 12.7. The molecule has 0 unspecified atom stereocenters. The highest BCUT2D eigenvalue weighted by Gasteiger charge is 2.19. The molecule has 0 bridgehead atoms. The molecule has 0 aliphatic rings. The number of hydrogen-bond donors (Lipinski definition) is 0. The number of fused-ring (bicyclic) bond motifs is 1. The van der Waals surface area contributed by atoms with Crippen molar-refractivity contribution in [2.45, 2.75) is 19.9 Å². The van der Waals surface area contributed by atoms with Crippen LogP contribution in [0.3, 0.4) is 0 Å². The lowest BCUT2D eigenvalue weighted by Crippen LogP contribution is -2.11. The number of benzene rings is 1. The van der Waals surface area contributed by atoms with Crippen molar-refractivity contribution >= 4 is 22.5 Å². The first kappa shape index (κ1) is 16.4. The quantitative estimate of drug-likeness (QED) is 0.718. The number of alkyl halides is 2. The van der Waals surface area contributed by atoms with E-state index >= 15 is 0 Å². The number of aryl methyl sites for hydroxylation is 1. The molecule has 0 fully saturated rings. The fraction of sp³-hybridized carbons (Fsp3) is 0.267. The van der Waals surface area contributed by atoms with Gasteiger partial charge in [-0.05, 0) is 24.6 Å². The maximum atomic E-state index is 12.7. The fourth-order valence-electron chi connectivity index (χ4n) is 2.35. The Balaban J connectivity index is 2.23. The molecule has 0 aliphatic heterocycles. The highest BCUT2D eigenvalue weighted by Crippen LogP contribution is 2.26. The lowest BCUT2D eigenvalue weighted by Gasteiger charge is -2.07. The van der Waals surface area contributed by atoms with Crippen LogP contribution in [-0.4, -0.2) is 28.3 Å². The van der Waals surface area contributed by atoms with Crippen LogP contribution < -0.4 is 10.4 Å². The van der Waals surface area contributed by atoms with E-state index in [-0.39, 0.29) is 22.9 Å². The lowest BCUT2D eigenvalue weighted by atomic mass is 10.1. The summed E-state index contributed by atoms with van der Waals surface area (Å²) >= 11 is 5.94. The Bertz CT molecular complexity index is 968. The van der Waals surface area contributed by atoms with Crippen LogP contribution in [0.15, 0.2) is 27.4 Å². The molecule has 0 saturated carbocycles. The van der Waals surface area contributed by atoms with Gasteiger partial charge in [-0.15, -0.1) is 5.10 Å². The third-order valence-electron chi connectivity index (χ3n) is 3.38. The maximum Gasteiger partial charge on any atom is 0.347 e. The van der Waals surface area contributed by atoms with Gasteiger partial charge in [-0.25, -0.2) is 18.6 Å². The largest absolute Gasteiger partial charge is 0.480 e. The number of rotatable bonds is 4. The number of halogens is 3. The number of methoxy groups -OCH3 is 1. The third-order valence-corrected chi connectivity index (χ3v) is 3.60. The van der Waals surface area contributed by atoms with Crippen molar-refractivity contribution in [3.8, 4) is 17.5 Å². The summed E-state index contributed by atoms with van der Waals surface area (Å²) in [6.45, 7) is 1.06. The molecule has 2 heterocycles. The lowest BCUT2D eigenvalue weighted by molar-refractivity contribution is 0.121. The van der Waals surface area contributed by atoms with Crippen LogP contribution in [0.5, 0.6) is 5.88 Å². The van der Waals surface area contributed by atoms with Crippen molar-refractivity contribution in [1.29, 1.82) is 0 Å². The highest BCUT2D eigenvalue weighted by atomic mass is 35.5. The average molecular weight is 356 g/mol. The standard InChI is InChI=1S/C15H12ClF2N3O3/c1-7-3-8(16)4-9-13(7)19-14(24-15(9)22)10-5-12(23-2)20-21(10)6-11(17)18/h3-5,11H,6H2,1-2H3. The molecular formula is C15H12ClF2N3O3. The van der Waals surface area contributed by atoms with Gasteiger partial charge in [-0.1, -0.05) is 11.6 Å². The van der Waals surface area contributed by atoms with Crippen molar-refractivity contribution in [3.05, 3.63) is 39.2 Å². The minimum atomic E-state index is -2.64. The van der Waals surface area contributed by atoms with Gasteiger partial charge in [0.1, 0.15) is 12.2 Å². The van der Waals surface area contributed by atoms with E-state index in [1.165, 1.54) is 19.2 Å². The molecule has 2 aromatic heterocycles. The molecular weight excluding hydrogens is 344 g/mol. The molecule has 0 atom stereocenters. The zero-order valence-electron chi connectivity index (χ0n) is 12.7. The Labute approximate surface area is 139 Å². The Morgan fingerprint density at radius 1 is 1.38 bits per heavy atom. The first-order chi connectivity index (χ1) is 11.4. The summed E-state index contributed by atoms with van der Waals surface area (Å²) in [7, 11) is 1.36. The number of aromatic nitrogens is 3. The molecule has 0 amide bonds. The van der Waals surface area contributed by atoms with Gasteiger partial charge in [0.25, 0.3) is 6.43 Å². The normalized spacial score (nSPS) is 11.4. The Morgan fingerprint density at radius 2 is 2.12 bits per heavy atom. The van der Waals surface area contributed by atoms with Crippen LogP contribution in [0.1, 0.15) is 5.56 Å². The van der Waals surface area contributed by atoms with Crippen molar-refractivity contribution < 1.29 is 17.9 Å². The van der Waals surface area contributed by atoms with Gasteiger partial charge in [0.2, 0.25) is 11.8 Å². The summed E-state index contributed by atoms with van der Waals surface area (Å²) < 4.78 is 36.6. The second kappa shape index (κ2) is 6.20. The van der Waals surface area contributed by atoms with E-state index in [2.05, 4.69) is 10.1 Å². The molecule has 0 N–H and O–H groups in total. The van der Waals surface area contributed by atoms with Crippen molar-refractivity contribution in [2.24, 2.45) is 0 Å². The van der Waals surface area contributed by atoms with E-state index in [4.69, 9.17) is 20.8 Å². The average Bonchev–Trinajstić information content (AvgIpc) is 2.90. The third kappa shape index (κ3) is 2.96. The minimum absolute atomic E-state index is 0.114. The molecule has 0 saturated heterocycles. The van der Waals surface area contributed by atoms with Crippen molar-refractivity contribution in [1.82, 2.24) is 14.8 Å². The highest BCUT2D eigenvalue weighted by molar-refractivity contribution is 6.31. The monoisotopic (exact) mass is 355 g/mol. The Hall–Kier alpha value is -2.48. The summed E-state index contributed by atoms with van der Waals surface area (Å²) in [4.78, 5) is 16.5. The summed E-state index contributed by atoms with van der Waals surface area (Å²) in [5.74, 6) is -0.00241. The van der Waals surface area contributed by atoms with Crippen molar-refractivity contribution in [2.75, 3.05) is 7.11 Å². The summed E-state index contributed by atoms with van der Waals surface area (Å²) in [6, 6.07) is 4.48. The molecule has 126 valence electrons. The number of hydrogen-bond acceptors (Lipinski definition) is 5. The van der Waals surface area contributed by atoms with Gasteiger partial charge in [0.15, 0.2) is 0 Å². The molecule has 24 heavy (non-hydrogen) atoms. The fourth-order valence-corrected chi connectivity index (χ4v) is 2.62. The second-order valence-corrected chi connectivity index (χ2v) is 5.51. The zero-order valence-corrected chi connectivity index (χ0v) is 13.5. The van der Waals surface area contributed by atoms with Crippen LogP contribution in [0.25, 0.3) is 22.5 Å². The van der Waals surface area contributed by atoms with E-state index in [1.807, 2.05) is 0 Å². The first-order valence-electron chi connectivity index (χ1n) is 6.90. The van der Waals surface area contributed by atoms with Gasteiger partial charge in [0.05, 0.1) is 18.0 Å². The summed E-state index contributed by atoms with van der Waals surface area (Å²) in [6.07, 6.45) is -2.64. The van der Waals surface area contributed by atoms with E-state index in [0.717, 1.165) is 4.68 Å². The zero-order chi connectivity index (χ0) is 17.4. The minimum Gasteiger partial charge on any atom is -0.480 e. The predicted octanol–water partition coefficient (Wildman–Crippen LogP) is 3.29. The van der Waals surface area contributed by atoms with Crippen LogP contribution in [-0.2, 0) is 6.54 Å². The molecule has 0 radical (unpaired) electrons. The molecule has 1 aromatic carbocycles. The SMILES string of the molecule is COc1cc(-c2nc3c(C)cc(Cl)cc3c(=O)o2)n(CC(F)F)n1. The van der Waals surface area contributed by atoms with Crippen LogP contribution in [0.2, 0.25) is 5.02 Å². The number of ether oxygens (including phenoxy) is 1. The topological polar surface area (TPSA) is 70.2 Å². The van der Waals surface area contributed by atoms with Crippen LogP contribution >= 0.6 is 11.6 Å².